The van der Waals surface area contributed by atoms with Crippen molar-refractivity contribution in [3.8, 4) is 22.7 Å². The lowest BCUT2D eigenvalue weighted by Crippen LogP contribution is -2.70. The molecule has 1 amide bonds. The molecule has 4 heterocycles. The lowest BCUT2D eigenvalue weighted by molar-refractivity contribution is -0.00148. The summed E-state index contributed by atoms with van der Waals surface area (Å²) in [5.74, 6) is -0.424. The summed E-state index contributed by atoms with van der Waals surface area (Å²) < 4.78 is 17.0. The maximum Gasteiger partial charge on any atom is 0.407 e. The van der Waals surface area contributed by atoms with Crippen LogP contribution in [0.2, 0.25) is 0 Å². The molecule has 0 bridgehead atoms. The Morgan fingerprint density at radius 1 is 1.13 bits per heavy atom. The molecule has 1 saturated heterocycles. The minimum atomic E-state index is -0.993. The predicted molar refractivity (Wildman–Crippen MR) is 180 cm³/mol. The summed E-state index contributed by atoms with van der Waals surface area (Å²) in [6, 6.07) is 5.71. The summed E-state index contributed by atoms with van der Waals surface area (Å²) in [5, 5.41) is 21.9. The van der Waals surface area contributed by atoms with E-state index in [2.05, 4.69) is 9.88 Å². The highest BCUT2D eigenvalue weighted by Crippen LogP contribution is 2.45. The van der Waals surface area contributed by atoms with E-state index in [0.29, 0.717) is 53.3 Å². The Bertz CT molecular complexity index is 1960. The normalized spacial score (nSPS) is 19.9. The summed E-state index contributed by atoms with van der Waals surface area (Å²) >= 11 is 0. The number of aromatic hydroxyl groups is 1. The summed E-state index contributed by atoms with van der Waals surface area (Å²) in [4.78, 5) is 45.1. The molecule has 1 fully saturated rings. The number of rotatable bonds is 4. The Morgan fingerprint density at radius 2 is 1.83 bits per heavy atom. The van der Waals surface area contributed by atoms with Gasteiger partial charge in [-0.25, -0.2) is 23.5 Å². The van der Waals surface area contributed by atoms with Gasteiger partial charge < -0.3 is 15.1 Å². The first-order chi connectivity index (χ1) is 22.1. The van der Waals surface area contributed by atoms with E-state index in [-0.39, 0.29) is 29.8 Å². The molecule has 2 aliphatic rings. The Labute approximate surface area is 273 Å². The molecule has 6 rings (SSSR count). The highest BCUT2D eigenvalue weighted by atomic mass is 19.1. The van der Waals surface area contributed by atoms with E-state index in [1.54, 1.807) is 6.20 Å². The minimum absolute atomic E-state index is 0.000603. The molecule has 0 saturated carbocycles. The number of amides is 1. The van der Waals surface area contributed by atoms with Gasteiger partial charge in [-0.3, -0.25) is 9.88 Å². The molecule has 3 aromatic heterocycles. The zero-order valence-corrected chi connectivity index (χ0v) is 28.3. The number of phenols is 1. The van der Waals surface area contributed by atoms with E-state index < -0.39 is 28.6 Å². The smallest absolute Gasteiger partial charge is 0.407 e. The highest BCUT2D eigenvalue weighted by molar-refractivity contribution is 5.96. The van der Waals surface area contributed by atoms with Gasteiger partial charge in [0.1, 0.15) is 17.4 Å². The third-order valence-corrected chi connectivity index (χ3v) is 10.4. The van der Waals surface area contributed by atoms with Gasteiger partial charge in [-0.15, -0.1) is 0 Å². The number of nitrogens with zero attached hydrogens (tertiary/aromatic N) is 6. The Kier molecular flexibility index (Phi) is 7.80. The van der Waals surface area contributed by atoms with Gasteiger partial charge in [0.15, 0.2) is 5.65 Å². The van der Waals surface area contributed by atoms with Gasteiger partial charge in [0.05, 0.1) is 33.6 Å². The molecule has 2 atom stereocenters. The summed E-state index contributed by atoms with van der Waals surface area (Å²) in [6.07, 6.45) is 2.76. The van der Waals surface area contributed by atoms with Crippen molar-refractivity contribution in [2.75, 3.05) is 18.0 Å². The van der Waals surface area contributed by atoms with Gasteiger partial charge in [0.25, 0.3) is 0 Å². The molecule has 0 spiro atoms. The fourth-order valence-electron chi connectivity index (χ4n) is 7.33. The summed E-state index contributed by atoms with van der Waals surface area (Å²) in [7, 11) is 0. The highest BCUT2D eigenvalue weighted by Gasteiger charge is 2.51. The van der Waals surface area contributed by atoms with Crippen LogP contribution < -0.4 is 10.6 Å². The van der Waals surface area contributed by atoms with Gasteiger partial charge >= 0.3 is 11.8 Å². The van der Waals surface area contributed by atoms with Crippen molar-refractivity contribution in [3.05, 3.63) is 69.1 Å². The average Bonchev–Trinajstić information content (AvgIpc) is 3.47. The third-order valence-electron chi connectivity index (χ3n) is 10.4. The molecule has 0 unspecified atom stereocenters. The van der Waals surface area contributed by atoms with Crippen LogP contribution in [-0.4, -0.2) is 65.4 Å². The average molecular weight is 643 g/mol. The standard InChI is InChI=1S/C36H43FN6O4/c1-19(2)28-30(20(3)15-16-38-28)43-32-26(22-11-9-12-23(22)29(39-32)27-24(37)13-10-14-25(27)44)31(40-33(43)45)41-18-36(8,35(5,6)7)42(34(46)47)17-21(41)4/h10,13-16,19,21,44H,9,11-12,17-18H2,1-8H3,(H,46,47)/t21-,36-/m0/s1. The van der Waals surface area contributed by atoms with Crippen molar-refractivity contribution >= 4 is 22.9 Å². The molecule has 10 nitrogen and oxygen atoms in total. The molecule has 248 valence electrons. The third kappa shape index (κ3) is 5.01. The van der Waals surface area contributed by atoms with Crippen LogP contribution in [0.5, 0.6) is 5.75 Å². The molecule has 47 heavy (non-hydrogen) atoms. The molecule has 0 radical (unpaired) electrons. The molecule has 2 N–H and O–H groups in total. The molecule has 1 aromatic carbocycles. The number of carbonyl (C=O) groups is 1. The van der Waals surface area contributed by atoms with Crippen LogP contribution in [-0.2, 0) is 12.8 Å². The molecule has 1 aliphatic heterocycles. The number of aromatic nitrogens is 4. The fraction of sp³-hybridized carbons (Fsp3) is 0.472. The van der Waals surface area contributed by atoms with Crippen LogP contribution in [0.1, 0.15) is 83.2 Å². The monoisotopic (exact) mass is 642 g/mol. The van der Waals surface area contributed by atoms with Gasteiger partial charge in [0, 0.05) is 25.3 Å². The topological polar surface area (TPSA) is 125 Å². The first-order valence-corrected chi connectivity index (χ1v) is 16.3. The number of hydrogen-bond donors (Lipinski definition) is 2. The van der Waals surface area contributed by atoms with Crippen molar-refractivity contribution in [2.24, 2.45) is 5.41 Å². The SMILES string of the molecule is Cc1ccnc(C(C)C)c1-n1c(=O)nc(N2C[C@@](C)(C(C)(C)C)N(C(=O)O)C[C@@H]2C)c2c3c(c(-c4c(O)cccc4F)nc21)CCC3. The molecular formula is C36H43FN6O4. The zero-order valence-electron chi connectivity index (χ0n) is 28.3. The number of pyridine rings is 2. The quantitative estimate of drug-likeness (QED) is 0.255. The van der Waals surface area contributed by atoms with E-state index in [0.717, 1.165) is 23.1 Å². The summed E-state index contributed by atoms with van der Waals surface area (Å²) in [6.45, 7) is 16.4. The van der Waals surface area contributed by atoms with Gasteiger partial charge in [-0.1, -0.05) is 40.7 Å². The van der Waals surface area contributed by atoms with E-state index in [1.165, 1.54) is 27.7 Å². The predicted octanol–water partition coefficient (Wildman–Crippen LogP) is 6.60. The Balaban J connectivity index is 1.75. The number of aryl methyl sites for hydroxylation is 2. The van der Waals surface area contributed by atoms with Crippen LogP contribution in [0, 0.1) is 18.2 Å². The maximum atomic E-state index is 15.5. The number of fused-ring (bicyclic) bond motifs is 3. The number of halogens is 1. The number of phenolic OH excluding ortho intramolecular Hbond substituents is 1. The van der Waals surface area contributed by atoms with E-state index in [4.69, 9.17) is 9.97 Å². The van der Waals surface area contributed by atoms with Crippen molar-refractivity contribution in [1.29, 1.82) is 0 Å². The maximum absolute atomic E-state index is 15.5. The second-order valence-electron chi connectivity index (χ2n) is 14.6. The van der Waals surface area contributed by atoms with Gasteiger partial charge in [-0.05, 0) is 86.3 Å². The molecule has 4 aromatic rings. The van der Waals surface area contributed by atoms with Gasteiger partial charge in [0.2, 0.25) is 0 Å². The van der Waals surface area contributed by atoms with Crippen molar-refractivity contribution in [2.45, 2.75) is 92.2 Å². The van der Waals surface area contributed by atoms with Crippen molar-refractivity contribution in [1.82, 2.24) is 24.4 Å². The molecule has 11 heteroatoms. The van der Waals surface area contributed by atoms with Crippen molar-refractivity contribution < 1.29 is 19.4 Å². The number of piperazine rings is 1. The lowest BCUT2D eigenvalue weighted by Gasteiger charge is -2.56. The second kappa shape index (κ2) is 11.3. The zero-order chi connectivity index (χ0) is 34.2. The van der Waals surface area contributed by atoms with E-state index in [9.17, 15) is 19.8 Å². The first kappa shape index (κ1) is 32.4. The van der Waals surface area contributed by atoms with Crippen molar-refractivity contribution in [3.63, 3.8) is 0 Å². The van der Waals surface area contributed by atoms with Crippen LogP contribution in [0.4, 0.5) is 15.0 Å². The first-order valence-electron chi connectivity index (χ1n) is 16.3. The number of anilines is 1. The lowest BCUT2D eigenvalue weighted by atomic mass is 9.71. The summed E-state index contributed by atoms with van der Waals surface area (Å²) in [5.41, 5.74) is 2.57. The second-order valence-corrected chi connectivity index (χ2v) is 14.6. The fourth-order valence-corrected chi connectivity index (χ4v) is 7.33. The number of benzene rings is 1. The number of carboxylic acid groups (broad SMARTS) is 1. The van der Waals surface area contributed by atoms with Crippen LogP contribution >= 0.6 is 0 Å². The van der Waals surface area contributed by atoms with E-state index >= 15 is 4.39 Å². The number of hydrogen-bond acceptors (Lipinski definition) is 7. The largest absolute Gasteiger partial charge is 0.507 e. The minimum Gasteiger partial charge on any atom is -0.507 e. The van der Waals surface area contributed by atoms with Crippen LogP contribution in [0.15, 0.2) is 35.3 Å². The Morgan fingerprint density at radius 3 is 2.47 bits per heavy atom. The molecular weight excluding hydrogens is 599 g/mol. The molecule has 1 aliphatic carbocycles. The van der Waals surface area contributed by atoms with Crippen LogP contribution in [0.25, 0.3) is 28.0 Å². The van der Waals surface area contributed by atoms with Gasteiger partial charge in [-0.2, -0.15) is 4.98 Å². The Hall–Kier alpha value is -4.54. The van der Waals surface area contributed by atoms with E-state index in [1.807, 2.05) is 61.5 Å². The van der Waals surface area contributed by atoms with Crippen LogP contribution in [0.3, 0.4) is 0 Å².